The van der Waals surface area contributed by atoms with Crippen LogP contribution in [0.2, 0.25) is 0 Å². The van der Waals surface area contributed by atoms with Gasteiger partial charge in [0, 0.05) is 55.1 Å². The number of nitrogens with zero attached hydrogens (tertiary/aromatic N) is 7. The average Bonchev–Trinajstić information content (AvgIpc) is 3.61. The number of nitrogens with one attached hydrogen (secondary N) is 1. The average molecular weight is 567 g/mol. The molecule has 2 N–H and O–H groups in total. The minimum Gasteiger partial charge on any atom is -0.474 e. The van der Waals surface area contributed by atoms with Crippen molar-refractivity contribution in [2.24, 2.45) is 0 Å². The molecular formula is C28H29F3N8O2. The highest BCUT2D eigenvalue weighted by atomic mass is 19.4. The number of rotatable bonds is 8. The van der Waals surface area contributed by atoms with E-state index in [1.54, 1.807) is 6.20 Å². The fourth-order valence-corrected chi connectivity index (χ4v) is 6.01. The Morgan fingerprint density at radius 2 is 2.00 bits per heavy atom. The molecule has 10 nitrogen and oxygen atoms in total. The van der Waals surface area contributed by atoms with E-state index in [9.17, 15) is 23.5 Å². The number of aromatic amines is 1. The fourth-order valence-electron chi connectivity index (χ4n) is 6.01. The Morgan fingerprint density at radius 3 is 2.73 bits per heavy atom. The van der Waals surface area contributed by atoms with Gasteiger partial charge in [-0.2, -0.15) is 23.5 Å². The summed E-state index contributed by atoms with van der Waals surface area (Å²) in [5, 5.41) is 24.3. The van der Waals surface area contributed by atoms with Crippen molar-refractivity contribution >= 4 is 11.0 Å². The molecule has 4 aromatic rings. The zero-order chi connectivity index (χ0) is 28.6. The van der Waals surface area contributed by atoms with Crippen LogP contribution in [0, 0.1) is 11.3 Å². The number of aliphatic hydroxyl groups excluding tert-OH is 1. The lowest BCUT2D eigenvalue weighted by Gasteiger charge is -2.52. The van der Waals surface area contributed by atoms with Gasteiger partial charge in [-0.05, 0) is 49.8 Å². The minimum atomic E-state index is -4.59. The predicted octanol–water partition coefficient (Wildman–Crippen LogP) is 4.08. The molecule has 0 radical (unpaired) electrons. The molecular weight excluding hydrogens is 537 g/mol. The van der Waals surface area contributed by atoms with Gasteiger partial charge in [-0.25, -0.2) is 15.0 Å². The van der Waals surface area contributed by atoms with Crippen LogP contribution in [0.3, 0.4) is 0 Å². The van der Waals surface area contributed by atoms with Gasteiger partial charge in [0.05, 0.1) is 29.9 Å². The van der Waals surface area contributed by atoms with Crippen LogP contribution in [0.15, 0.2) is 43.1 Å². The first kappa shape index (κ1) is 27.2. The third-order valence-electron chi connectivity index (χ3n) is 8.17. The van der Waals surface area contributed by atoms with Crippen molar-refractivity contribution in [2.45, 2.75) is 62.4 Å². The molecule has 214 valence electrons. The summed E-state index contributed by atoms with van der Waals surface area (Å²) in [7, 11) is 0. The first-order valence-corrected chi connectivity index (χ1v) is 13.6. The van der Waals surface area contributed by atoms with Crippen LogP contribution in [0.5, 0.6) is 5.88 Å². The number of aliphatic hydroxyl groups is 1. The highest BCUT2D eigenvalue weighted by molar-refractivity contribution is 5.90. The van der Waals surface area contributed by atoms with E-state index in [-0.39, 0.29) is 31.1 Å². The van der Waals surface area contributed by atoms with E-state index in [0.717, 1.165) is 54.3 Å². The molecule has 1 saturated heterocycles. The van der Waals surface area contributed by atoms with E-state index in [0.29, 0.717) is 24.8 Å². The molecule has 0 amide bonds. The SMILES string of the molecule is N#CCC1(n2cc(-c3ncnc4[nH]ccc34)cn2)CC(N2CCC(Oc3cc(CCO)cc(C(F)(F)F)n3)CC2)C1. The normalized spacial score (nSPS) is 22.0. The number of pyridine rings is 1. The summed E-state index contributed by atoms with van der Waals surface area (Å²) in [6, 6.07) is 6.96. The largest absolute Gasteiger partial charge is 0.474 e. The lowest BCUT2D eigenvalue weighted by atomic mass is 9.69. The Labute approximate surface area is 233 Å². The molecule has 0 aromatic carbocycles. The Hall–Kier alpha value is -4.02. The molecule has 1 aliphatic heterocycles. The summed E-state index contributed by atoms with van der Waals surface area (Å²) in [6.45, 7) is 1.21. The Kier molecular flexibility index (Phi) is 7.13. The third kappa shape index (κ3) is 5.37. The maximum absolute atomic E-state index is 13.3. The van der Waals surface area contributed by atoms with Crippen LogP contribution in [0.25, 0.3) is 22.3 Å². The molecule has 0 unspecified atom stereocenters. The summed E-state index contributed by atoms with van der Waals surface area (Å²) < 4.78 is 47.7. The quantitative estimate of drug-likeness (QED) is 0.327. The number of hydrogen-bond acceptors (Lipinski definition) is 8. The first-order valence-electron chi connectivity index (χ1n) is 13.6. The zero-order valence-corrected chi connectivity index (χ0v) is 22.2. The molecule has 2 fully saturated rings. The molecule has 4 aromatic heterocycles. The van der Waals surface area contributed by atoms with Crippen LogP contribution in [0.4, 0.5) is 13.2 Å². The van der Waals surface area contributed by atoms with Gasteiger partial charge in [0.1, 0.15) is 23.8 Å². The van der Waals surface area contributed by atoms with E-state index in [2.05, 4.69) is 36.0 Å². The van der Waals surface area contributed by atoms with Crippen LogP contribution in [-0.2, 0) is 18.1 Å². The lowest BCUT2D eigenvalue weighted by molar-refractivity contribution is -0.141. The molecule has 1 saturated carbocycles. The highest BCUT2D eigenvalue weighted by Crippen LogP contribution is 2.45. The smallest absolute Gasteiger partial charge is 0.433 e. The van der Waals surface area contributed by atoms with E-state index in [1.807, 2.05) is 23.1 Å². The second-order valence-corrected chi connectivity index (χ2v) is 10.8. The second-order valence-electron chi connectivity index (χ2n) is 10.8. The van der Waals surface area contributed by atoms with Crippen LogP contribution < -0.4 is 4.74 Å². The van der Waals surface area contributed by atoms with Gasteiger partial charge in [-0.3, -0.25) is 9.58 Å². The van der Waals surface area contributed by atoms with Crippen molar-refractivity contribution in [3.63, 3.8) is 0 Å². The number of aromatic nitrogens is 6. The molecule has 5 heterocycles. The summed E-state index contributed by atoms with van der Waals surface area (Å²) in [6.07, 6.45) is 5.51. The van der Waals surface area contributed by atoms with Gasteiger partial charge in [0.2, 0.25) is 5.88 Å². The maximum Gasteiger partial charge on any atom is 0.433 e. The van der Waals surface area contributed by atoms with Crippen LogP contribution >= 0.6 is 0 Å². The van der Waals surface area contributed by atoms with Crippen molar-refractivity contribution in [3.05, 3.63) is 54.4 Å². The van der Waals surface area contributed by atoms with Crippen molar-refractivity contribution in [2.75, 3.05) is 19.7 Å². The Bertz CT molecular complexity index is 1560. The van der Waals surface area contributed by atoms with Crippen molar-refractivity contribution < 1.29 is 23.0 Å². The predicted molar refractivity (Wildman–Crippen MR) is 142 cm³/mol. The Morgan fingerprint density at radius 1 is 1.20 bits per heavy atom. The van der Waals surface area contributed by atoms with Gasteiger partial charge in [-0.15, -0.1) is 0 Å². The lowest BCUT2D eigenvalue weighted by Crippen LogP contribution is -2.58. The third-order valence-corrected chi connectivity index (χ3v) is 8.17. The topological polar surface area (TPSA) is 129 Å². The van der Waals surface area contributed by atoms with E-state index < -0.39 is 17.4 Å². The van der Waals surface area contributed by atoms with Crippen molar-refractivity contribution in [3.8, 4) is 23.2 Å². The van der Waals surface area contributed by atoms with E-state index in [1.165, 1.54) is 12.4 Å². The van der Waals surface area contributed by atoms with E-state index >= 15 is 0 Å². The van der Waals surface area contributed by atoms with Gasteiger partial charge < -0.3 is 14.8 Å². The molecule has 0 spiro atoms. The monoisotopic (exact) mass is 566 g/mol. The van der Waals surface area contributed by atoms with Crippen LogP contribution in [0.1, 0.15) is 43.4 Å². The second kappa shape index (κ2) is 10.8. The van der Waals surface area contributed by atoms with E-state index in [4.69, 9.17) is 4.74 Å². The molecule has 13 heteroatoms. The number of nitriles is 1. The van der Waals surface area contributed by atoms with Gasteiger partial charge in [0.15, 0.2) is 0 Å². The molecule has 2 aliphatic rings. The number of hydrogen-bond donors (Lipinski definition) is 2. The molecule has 0 atom stereocenters. The number of ether oxygens (including phenoxy) is 1. The number of fused-ring (bicyclic) bond motifs is 1. The Balaban J connectivity index is 1.09. The molecule has 6 rings (SSSR count). The fraction of sp³-hybridized carbons (Fsp3) is 0.464. The van der Waals surface area contributed by atoms with Crippen molar-refractivity contribution in [1.29, 1.82) is 5.26 Å². The molecule has 1 aliphatic carbocycles. The standard InChI is InChI=1S/C28H29F3N8O2/c29-28(30,31)23-11-18(4-10-40)12-24(37-23)41-21-2-8-38(9-3-21)20-13-27(14-20,5-6-32)39-16-19(15-36-39)25-22-1-7-33-26(22)35-17-34-25/h1,7,11-12,15-17,20-21,40H,2-5,8-10,13-14H2,(H,33,34,35). The maximum atomic E-state index is 13.3. The molecule has 41 heavy (non-hydrogen) atoms. The van der Waals surface area contributed by atoms with Crippen LogP contribution in [-0.4, -0.2) is 71.6 Å². The number of alkyl halides is 3. The summed E-state index contributed by atoms with van der Waals surface area (Å²) in [4.78, 5) is 17.8. The summed E-state index contributed by atoms with van der Waals surface area (Å²) >= 11 is 0. The zero-order valence-electron chi connectivity index (χ0n) is 22.2. The summed E-state index contributed by atoms with van der Waals surface area (Å²) in [5.41, 5.74) is 1.32. The number of piperidine rings is 1. The van der Waals surface area contributed by atoms with Gasteiger partial charge in [0.25, 0.3) is 0 Å². The highest BCUT2D eigenvalue weighted by Gasteiger charge is 2.49. The number of halogens is 3. The van der Waals surface area contributed by atoms with Gasteiger partial charge in [-0.1, -0.05) is 0 Å². The summed E-state index contributed by atoms with van der Waals surface area (Å²) in [5.74, 6) is -0.0616. The first-order chi connectivity index (χ1) is 19.8. The van der Waals surface area contributed by atoms with Crippen molar-refractivity contribution in [1.82, 2.24) is 34.6 Å². The van der Waals surface area contributed by atoms with Gasteiger partial charge >= 0.3 is 6.18 Å². The molecule has 0 bridgehead atoms. The minimum absolute atomic E-state index is 0.0616. The number of likely N-dealkylation sites (tertiary alicyclic amines) is 1. The number of H-pyrrole nitrogens is 1.